The molecule has 1 aliphatic heterocycles. The van der Waals surface area contributed by atoms with Crippen LogP contribution in [0.15, 0.2) is 17.2 Å². The van der Waals surface area contributed by atoms with Crippen molar-refractivity contribution < 1.29 is 0 Å². The molecule has 0 bridgehead atoms. The molecule has 1 aromatic rings. The molecule has 2 heterocycles. The molecular formula is C13H18BrN3O. The van der Waals surface area contributed by atoms with E-state index >= 15 is 0 Å². The summed E-state index contributed by atoms with van der Waals surface area (Å²) in [6.45, 7) is 0.952. The van der Waals surface area contributed by atoms with Gasteiger partial charge in [-0.05, 0) is 32.1 Å². The van der Waals surface area contributed by atoms with Gasteiger partial charge in [0.05, 0.1) is 0 Å². The van der Waals surface area contributed by atoms with E-state index in [4.69, 9.17) is 0 Å². The Bertz CT molecular complexity index is 483. The van der Waals surface area contributed by atoms with Gasteiger partial charge < -0.3 is 9.47 Å². The third-order valence-corrected chi connectivity index (χ3v) is 4.61. The first-order valence-corrected chi connectivity index (χ1v) is 7.83. The highest BCUT2D eigenvalue weighted by Crippen LogP contribution is 2.33. The third kappa shape index (κ3) is 2.20. The van der Waals surface area contributed by atoms with Crippen molar-refractivity contribution in [1.82, 2.24) is 9.55 Å². The second-order valence-corrected chi connectivity index (χ2v) is 5.84. The van der Waals surface area contributed by atoms with E-state index in [-0.39, 0.29) is 5.56 Å². The van der Waals surface area contributed by atoms with Crippen molar-refractivity contribution in [3.63, 3.8) is 0 Å². The Balaban J connectivity index is 1.95. The largest absolute Gasteiger partial charge is 0.348 e. The molecular weight excluding hydrogens is 294 g/mol. The van der Waals surface area contributed by atoms with Crippen LogP contribution in [0.25, 0.3) is 0 Å². The average molecular weight is 312 g/mol. The van der Waals surface area contributed by atoms with Crippen molar-refractivity contribution in [2.24, 2.45) is 0 Å². The Morgan fingerprint density at radius 2 is 2.17 bits per heavy atom. The van der Waals surface area contributed by atoms with E-state index < -0.39 is 0 Å². The minimum absolute atomic E-state index is 0.0906. The van der Waals surface area contributed by atoms with Gasteiger partial charge in [-0.25, -0.2) is 4.98 Å². The first-order chi connectivity index (χ1) is 8.81. The topological polar surface area (TPSA) is 38.1 Å². The molecule has 5 heteroatoms. The molecule has 0 aromatic carbocycles. The lowest BCUT2D eigenvalue weighted by atomic mass is 10.0. The van der Waals surface area contributed by atoms with Gasteiger partial charge in [-0.15, -0.1) is 0 Å². The van der Waals surface area contributed by atoms with E-state index in [9.17, 15) is 4.79 Å². The number of halogens is 1. The van der Waals surface area contributed by atoms with Crippen molar-refractivity contribution >= 4 is 21.7 Å². The molecule has 1 aliphatic carbocycles. The van der Waals surface area contributed by atoms with Crippen molar-refractivity contribution in [2.75, 3.05) is 16.8 Å². The highest BCUT2D eigenvalue weighted by Gasteiger charge is 2.29. The van der Waals surface area contributed by atoms with Crippen molar-refractivity contribution in [1.29, 1.82) is 0 Å². The Hall–Kier alpha value is -0.840. The van der Waals surface area contributed by atoms with Gasteiger partial charge >= 0.3 is 0 Å². The summed E-state index contributed by atoms with van der Waals surface area (Å²) in [6.07, 6.45) is 9.41. The minimum Gasteiger partial charge on any atom is -0.348 e. The lowest BCUT2D eigenvalue weighted by Gasteiger charge is -2.35. The normalized spacial score (nSPS) is 24.3. The monoisotopic (exact) mass is 311 g/mol. The first-order valence-electron chi connectivity index (χ1n) is 6.71. The molecule has 0 amide bonds. The molecule has 18 heavy (non-hydrogen) atoms. The highest BCUT2D eigenvalue weighted by molar-refractivity contribution is 9.09. The van der Waals surface area contributed by atoms with Gasteiger partial charge in [0.25, 0.3) is 5.56 Å². The zero-order chi connectivity index (χ0) is 12.5. The number of piperidine rings is 1. The van der Waals surface area contributed by atoms with E-state index in [1.165, 1.54) is 6.42 Å². The van der Waals surface area contributed by atoms with Crippen molar-refractivity contribution in [3.05, 3.63) is 22.7 Å². The van der Waals surface area contributed by atoms with E-state index in [1.54, 1.807) is 6.20 Å². The summed E-state index contributed by atoms with van der Waals surface area (Å²) < 4.78 is 1.86. The maximum absolute atomic E-state index is 12.5. The van der Waals surface area contributed by atoms with Crippen LogP contribution in [0, 0.1) is 0 Å². The van der Waals surface area contributed by atoms with E-state index in [2.05, 4.69) is 25.8 Å². The van der Waals surface area contributed by atoms with Crippen LogP contribution in [-0.4, -0.2) is 27.5 Å². The fraction of sp³-hybridized carbons (Fsp3) is 0.692. The maximum atomic E-state index is 12.5. The number of rotatable bonds is 3. The number of alkyl halides is 1. The van der Waals surface area contributed by atoms with Gasteiger partial charge in [0.2, 0.25) is 0 Å². The number of nitrogens with zero attached hydrogens (tertiary/aromatic N) is 3. The molecule has 98 valence electrons. The Morgan fingerprint density at radius 3 is 2.89 bits per heavy atom. The summed E-state index contributed by atoms with van der Waals surface area (Å²) in [4.78, 5) is 19.0. The molecule has 1 unspecified atom stereocenters. The predicted molar refractivity (Wildman–Crippen MR) is 75.5 cm³/mol. The smallest absolute Gasteiger partial charge is 0.293 e. The number of hydrogen-bond acceptors (Lipinski definition) is 3. The van der Waals surface area contributed by atoms with Gasteiger partial charge in [-0.2, -0.15) is 0 Å². The van der Waals surface area contributed by atoms with Crippen LogP contribution in [0.2, 0.25) is 0 Å². The fourth-order valence-electron chi connectivity index (χ4n) is 2.69. The van der Waals surface area contributed by atoms with Gasteiger partial charge in [0.15, 0.2) is 5.82 Å². The van der Waals surface area contributed by atoms with Crippen LogP contribution in [0.4, 0.5) is 5.82 Å². The first kappa shape index (κ1) is 12.2. The standard InChI is InChI=1S/C13H18BrN3O/c14-9-11-3-1-2-7-16(11)12-13(18)17(8-6-15-12)10-4-5-10/h6,8,10-11H,1-5,7,9H2. The van der Waals surface area contributed by atoms with E-state index in [0.717, 1.165) is 37.6 Å². The molecule has 1 saturated carbocycles. The maximum Gasteiger partial charge on any atom is 0.293 e. The summed E-state index contributed by atoms with van der Waals surface area (Å²) in [5.74, 6) is 0.647. The summed E-state index contributed by atoms with van der Waals surface area (Å²) in [5, 5.41) is 0.909. The van der Waals surface area contributed by atoms with Crippen LogP contribution in [0.5, 0.6) is 0 Å². The molecule has 1 atom stereocenters. The highest BCUT2D eigenvalue weighted by atomic mass is 79.9. The second kappa shape index (κ2) is 5.03. The molecule has 1 aromatic heterocycles. The number of aromatic nitrogens is 2. The van der Waals surface area contributed by atoms with Crippen LogP contribution in [0.3, 0.4) is 0 Å². The number of anilines is 1. The Morgan fingerprint density at radius 1 is 1.33 bits per heavy atom. The Kier molecular flexibility index (Phi) is 3.41. The third-order valence-electron chi connectivity index (χ3n) is 3.87. The van der Waals surface area contributed by atoms with Crippen LogP contribution < -0.4 is 10.5 Å². The molecule has 3 rings (SSSR count). The van der Waals surface area contributed by atoms with E-state index in [1.807, 2.05) is 10.8 Å². The summed E-state index contributed by atoms with van der Waals surface area (Å²) in [6, 6.07) is 0.834. The van der Waals surface area contributed by atoms with Gasteiger partial charge in [-0.3, -0.25) is 4.79 Å². The molecule has 0 spiro atoms. The average Bonchev–Trinajstić information content (AvgIpc) is 3.23. The molecule has 2 aliphatic rings. The second-order valence-electron chi connectivity index (χ2n) is 5.19. The van der Waals surface area contributed by atoms with Gasteiger partial charge in [0.1, 0.15) is 0 Å². The predicted octanol–water partition coefficient (Wildman–Crippen LogP) is 2.33. The molecule has 2 fully saturated rings. The van der Waals surface area contributed by atoms with E-state index in [0.29, 0.717) is 17.9 Å². The van der Waals surface area contributed by atoms with Crippen LogP contribution >= 0.6 is 15.9 Å². The lowest BCUT2D eigenvalue weighted by Crippen LogP contribution is -2.44. The molecule has 0 N–H and O–H groups in total. The summed E-state index contributed by atoms with van der Waals surface area (Å²) in [7, 11) is 0. The zero-order valence-corrected chi connectivity index (χ0v) is 12.0. The lowest BCUT2D eigenvalue weighted by molar-refractivity contribution is 0.483. The van der Waals surface area contributed by atoms with Gasteiger partial charge in [0, 0.05) is 36.4 Å². The van der Waals surface area contributed by atoms with Crippen molar-refractivity contribution in [3.8, 4) is 0 Å². The Labute approximate surface area is 115 Å². The van der Waals surface area contributed by atoms with Crippen LogP contribution in [0.1, 0.15) is 38.1 Å². The number of hydrogen-bond donors (Lipinski definition) is 0. The van der Waals surface area contributed by atoms with Crippen molar-refractivity contribution in [2.45, 2.75) is 44.2 Å². The van der Waals surface area contributed by atoms with Crippen LogP contribution in [-0.2, 0) is 0 Å². The summed E-state index contributed by atoms with van der Waals surface area (Å²) in [5.41, 5.74) is 0.0906. The molecule has 4 nitrogen and oxygen atoms in total. The quantitative estimate of drug-likeness (QED) is 0.804. The summed E-state index contributed by atoms with van der Waals surface area (Å²) >= 11 is 3.55. The fourth-order valence-corrected chi connectivity index (χ4v) is 3.36. The minimum atomic E-state index is 0.0906. The SMILES string of the molecule is O=c1c(N2CCCCC2CBr)nccn1C1CC1. The molecule has 0 radical (unpaired) electrons. The van der Waals surface area contributed by atoms with Gasteiger partial charge in [-0.1, -0.05) is 15.9 Å². The zero-order valence-electron chi connectivity index (χ0n) is 10.4. The molecule has 1 saturated heterocycles.